The summed E-state index contributed by atoms with van der Waals surface area (Å²) >= 11 is 0. The van der Waals surface area contributed by atoms with Crippen LogP contribution in [0.1, 0.15) is 6.92 Å². The molecule has 0 atom stereocenters. The minimum absolute atomic E-state index is 0.174. The SMILES string of the molecule is CCOCCn1c(=O)c2c(nc3n(-c4ccc(OC)cc4)c(-c4ccccc4)cn23)n(C)c1=O. The first-order chi connectivity index (χ1) is 16.5. The molecule has 0 spiro atoms. The van der Waals surface area contributed by atoms with Gasteiger partial charge in [0.25, 0.3) is 5.56 Å². The van der Waals surface area contributed by atoms with Crippen LogP contribution in [0.15, 0.2) is 70.4 Å². The first-order valence-corrected chi connectivity index (χ1v) is 11.1. The second-order valence-corrected chi connectivity index (χ2v) is 7.86. The lowest BCUT2D eigenvalue weighted by molar-refractivity contribution is 0.137. The molecule has 3 aromatic heterocycles. The van der Waals surface area contributed by atoms with Gasteiger partial charge in [-0.15, -0.1) is 0 Å². The van der Waals surface area contributed by atoms with E-state index < -0.39 is 11.2 Å². The summed E-state index contributed by atoms with van der Waals surface area (Å²) in [5, 5.41) is 0. The van der Waals surface area contributed by atoms with Crippen LogP contribution in [0.4, 0.5) is 0 Å². The molecule has 0 saturated carbocycles. The molecule has 174 valence electrons. The third-order valence-corrected chi connectivity index (χ3v) is 5.91. The van der Waals surface area contributed by atoms with Crippen molar-refractivity contribution in [3.8, 4) is 22.7 Å². The standard InChI is InChI=1S/C25H25N5O4/c1-4-34-15-14-28-23(31)21-22(27(2)25(28)32)26-24-29(21)16-20(17-8-6-5-7-9-17)30(24)18-10-12-19(33-3)13-11-18/h5-13,16H,4,14-15H2,1-3H3. The van der Waals surface area contributed by atoms with Gasteiger partial charge in [-0.3, -0.25) is 22.9 Å². The maximum atomic E-state index is 13.5. The van der Waals surface area contributed by atoms with Crippen molar-refractivity contribution in [3.63, 3.8) is 0 Å². The number of benzene rings is 2. The van der Waals surface area contributed by atoms with Crippen LogP contribution in [-0.4, -0.2) is 43.4 Å². The van der Waals surface area contributed by atoms with E-state index in [1.807, 2.05) is 72.3 Å². The van der Waals surface area contributed by atoms with Crippen molar-refractivity contribution in [3.05, 3.63) is 81.6 Å². The molecular weight excluding hydrogens is 434 g/mol. The van der Waals surface area contributed by atoms with Gasteiger partial charge in [0.15, 0.2) is 11.2 Å². The lowest BCUT2D eigenvalue weighted by atomic mass is 10.1. The lowest BCUT2D eigenvalue weighted by Crippen LogP contribution is -2.40. The van der Waals surface area contributed by atoms with Gasteiger partial charge < -0.3 is 9.47 Å². The summed E-state index contributed by atoms with van der Waals surface area (Å²) in [6.45, 7) is 2.84. The van der Waals surface area contributed by atoms with Gasteiger partial charge in [-0.05, 0) is 31.2 Å². The van der Waals surface area contributed by atoms with E-state index in [0.29, 0.717) is 23.5 Å². The topological polar surface area (TPSA) is 84.7 Å². The average Bonchev–Trinajstić information content (AvgIpc) is 3.42. The van der Waals surface area contributed by atoms with Gasteiger partial charge in [0.1, 0.15) is 5.75 Å². The Bertz CT molecular complexity index is 1590. The van der Waals surface area contributed by atoms with Crippen LogP contribution >= 0.6 is 0 Å². The lowest BCUT2D eigenvalue weighted by Gasteiger charge is -2.10. The van der Waals surface area contributed by atoms with Crippen molar-refractivity contribution in [2.24, 2.45) is 7.05 Å². The number of ether oxygens (including phenoxy) is 2. The molecule has 0 fully saturated rings. The van der Waals surface area contributed by atoms with Crippen molar-refractivity contribution in [2.75, 3.05) is 20.3 Å². The Hall–Kier alpha value is -4.11. The number of methoxy groups -OCH3 is 1. The highest BCUT2D eigenvalue weighted by Gasteiger charge is 2.22. The van der Waals surface area contributed by atoms with Crippen molar-refractivity contribution >= 4 is 16.9 Å². The summed E-state index contributed by atoms with van der Waals surface area (Å²) in [6, 6.07) is 17.5. The largest absolute Gasteiger partial charge is 0.497 e. The van der Waals surface area contributed by atoms with E-state index in [2.05, 4.69) is 0 Å². The molecule has 0 aliphatic rings. The Morgan fingerprint density at radius 1 is 1.00 bits per heavy atom. The summed E-state index contributed by atoms with van der Waals surface area (Å²) in [4.78, 5) is 31.1. The van der Waals surface area contributed by atoms with Gasteiger partial charge in [-0.25, -0.2) is 4.79 Å². The number of rotatable bonds is 7. The molecule has 0 unspecified atom stereocenters. The molecule has 0 saturated heterocycles. The molecule has 9 heteroatoms. The minimum Gasteiger partial charge on any atom is -0.497 e. The fourth-order valence-corrected chi connectivity index (χ4v) is 4.19. The summed E-state index contributed by atoms with van der Waals surface area (Å²) in [6.07, 6.45) is 1.89. The van der Waals surface area contributed by atoms with Crippen LogP contribution in [-0.2, 0) is 18.3 Å². The molecule has 0 radical (unpaired) electrons. The molecule has 0 bridgehead atoms. The van der Waals surface area contributed by atoms with Gasteiger partial charge in [-0.1, -0.05) is 30.3 Å². The van der Waals surface area contributed by atoms with Crippen LogP contribution in [0.3, 0.4) is 0 Å². The molecular formula is C25H25N5O4. The second-order valence-electron chi connectivity index (χ2n) is 7.86. The first-order valence-electron chi connectivity index (χ1n) is 11.1. The third kappa shape index (κ3) is 3.41. The van der Waals surface area contributed by atoms with E-state index in [1.165, 1.54) is 9.13 Å². The predicted molar refractivity (Wildman–Crippen MR) is 130 cm³/mol. The monoisotopic (exact) mass is 459 g/mol. The number of aryl methyl sites for hydroxylation is 1. The van der Waals surface area contributed by atoms with Crippen LogP contribution in [0.25, 0.3) is 33.9 Å². The Balaban J connectivity index is 1.83. The third-order valence-electron chi connectivity index (χ3n) is 5.91. The van der Waals surface area contributed by atoms with E-state index in [4.69, 9.17) is 14.5 Å². The fourth-order valence-electron chi connectivity index (χ4n) is 4.19. The van der Waals surface area contributed by atoms with E-state index in [9.17, 15) is 9.59 Å². The predicted octanol–water partition coefficient (Wildman–Crippen LogP) is 2.85. The number of imidazole rings is 2. The van der Waals surface area contributed by atoms with Crippen molar-refractivity contribution < 1.29 is 9.47 Å². The zero-order chi connectivity index (χ0) is 23.8. The molecule has 0 aliphatic carbocycles. The highest BCUT2D eigenvalue weighted by atomic mass is 16.5. The Morgan fingerprint density at radius 2 is 1.74 bits per heavy atom. The Morgan fingerprint density at radius 3 is 2.41 bits per heavy atom. The number of nitrogens with zero attached hydrogens (tertiary/aromatic N) is 5. The van der Waals surface area contributed by atoms with Gasteiger partial charge in [0.05, 0.1) is 26.0 Å². The average molecular weight is 460 g/mol. The number of fused-ring (bicyclic) bond motifs is 3. The zero-order valence-corrected chi connectivity index (χ0v) is 19.3. The normalized spacial score (nSPS) is 11.5. The quantitative estimate of drug-likeness (QED) is 0.350. The smallest absolute Gasteiger partial charge is 0.332 e. The van der Waals surface area contributed by atoms with Gasteiger partial charge in [-0.2, -0.15) is 4.98 Å². The van der Waals surface area contributed by atoms with E-state index in [0.717, 1.165) is 22.7 Å². The molecule has 0 aliphatic heterocycles. The number of hydrogen-bond acceptors (Lipinski definition) is 5. The maximum absolute atomic E-state index is 13.5. The molecule has 0 N–H and O–H groups in total. The van der Waals surface area contributed by atoms with E-state index in [1.54, 1.807) is 18.6 Å². The summed E-state index contributed by atoms with van der Waals surface area (Å²) in [5.74, 6) is 1.27. The zero-order valence-electron chi connectivity index (χ0n) is 19.3. The summed E-state index contributed by atoms with van der Waals surface area (Å²) in [5.41, 5.74) is 2.56. The molecule has 2 aromatic carbocycles. The molecule has 9 nitrogen and oxygen atoms in total. The van der Waals surface area contributed by atoms with Crippen LogP contribution in [0.2, 0.25) is 0 Å². The number of hydrogen-bond donors (Lipinski definition) is 0. The van der Waals surface area contributed by atoms with Crippen LogP contribution < -0.4 is 16.0 Å². The molecule has 5 rings (SSSR count). The Kier molecular flexibility index (Phi) is 5.54. The highest BCUT2D eigenvalue weighted by Crippen LogP contribution is 2.29. The number of aromatic nitrogens is 5. The Labute approximate surface area is 195 Å². The van der Waals surface area contributed by atoms with E-state index in [-0.39, 0.29) is 13.2 Å². The van der Waals surface area contributed by atoms with Gasteiger partial charge in [0, 0.05) is 31.1 Å². The summed E-state index contributed by atoms with van der Waals surface area (Å²) < 4.78 is 17.1. The fraction of sp³-hybridized carbons (Fsp3) is 0.240. The maximum Gasteiger partial charge on any atom is 0.332 e. The first kappa shape index (κ1) is 21.7. The minimum atomic E-state index is -0.419. The van der Waals surface area contributed by atoms with Gasteiger partial charge >= 0.3 is 5.69 Å². The summed E-state index contributed by atoms with van der Waals surface area (Å²) in [7, 11) is 3.25. The molecule has 5 aromatic rings. The molecule has 34 heavy (non-hydrogen) atoms. The molecule has 3 heterocycles. The van der Waals surface area contributed by atoms with Crippen LogP contribution in [0, 0.1) is 0 Å². The second kappa shape index (κ2) is 8.68. The highest BCUT2D eigenvalue weighted by molar-refractivity contribution is 5.79. The van der Waals surface area contributed by atoms with Gasteiger partial charge in [0.2, 0.25) is 5.78 Å². The molecule has 0 amide bonds. The van der Waals surface area contributed by atoms with Crippen molar-refractivity contribution in [1.82, 2.24) is 23.1 Å². The van der Waals surface area contributed by atoms with E-state index >= 15 is 0 Å². The van der Waals surface area contributed by atoms with Crippen LogP contribution in [0.5, 0.6) is 5.75 Å². The van der Waals surface area contributed by atoms with Crippen molar-refractivity contribution in [2.45, 2.75) is 13.5 Å². The van der Waals surface area contributed by atoms with Crippen molar-refractivity contribution in [1.29, 1.82) is 0 Å².